The molecule has 0 bridgehead atoms. The van der Waals surface area contributed by atoms with E-state index >= 15 is 0 Å². The third-order valence-corrected chi connectivity index (χ3v) is 5.53. The number of rotatable bonds is 4. The number of anilines is 2. The highest BCUT2D eigenvalue weighted by molar-refractivity contribution is 5.94. The van der Waals surface area contributed by atoms with Crippen LogP contribution in [0.4, 0.5) is 20.6 Å². The van der Waals surface area contributed by atoms with Crippen molar-refractivity contribution >= 4 is 23.3 Å². The SMILES string of the molecule is O=C(Nc1ccccc1)[C@@H]1CC[C@H](c2ccc(F)cc2)N(C(=O)Nc2ccccc2)C1. The first-order chi connectivity index (χ1) is 15.1. The average molecular weight is 417 g/mol. The molecule has 31 heavy (non-hydrogen) atoms. The summed E-state index contributed by atoms with van der Waals surface area (Å²) in [5, 5.41) is 5.85. The Bertz CT molecular complexity index is 1030. The number of carbonyl (C=O) groups is 2. The number of nitrogens with one attached hydrogen (secondary N) is 2. The fourth-order valence-electron chi connectivity index (χ4n) is 3.92. The van der Waals surface area contributed by atoms with E-state index in [4.69, 9.17) is 0 Å². The normalized spacial score (nSPS) is 18.3. The molecule has 6 heteroatoms. The van der Waals surface area contributed by atoms with E-state index in [9.17, 15) is 14.0 Å². The number of carbonyl (C=O) groups excluding carboxylic acids is 2. The molecule has 2 N–H and O–H groups in total. The molecule has 3 aromatic carbocycles. The van der Waals surface area contributed by atoms with Gasteiger partial charge >= 0.3 is 6.03 Å². The van der Waals surface area contributed by atoms with Crippen LogP contribution in [-0.2, 0) is 4.79 Å². The lowest BCUT2D eigenvalue weighted by Gasteiger charge is -2.39. The van der Waals surface area contributed by atoms with Crippen molar-refractivity contribution in [1.82, 2.24) is 4.90 Å². The summed E-state index contributed by atoms with van der Waals surface area (Å²) in [7, 11) is 0. The molecule has 2 atom stereocenters. The number of hydrogen-bond acceptors (Lipinski definition) is 2. The van der Waals surface area contributed by atoms with Crippen molar-refractivity contribution in [1.29, 1.82) is 0 Å². The van der Waals surface area contributed by atoms with Crippen LogP contribution in [0.5, 0.6) is 0 Å². The van der Waals surface area contributed by atoms with Crippen molar-refractivity contribution in [2.45, 2.75) is 18.9 Å². The zero-order valence-electron chi connectivity index (χ0n) is 17.0. The van der Waals surface area contributed by atoms with Gasteiger partial charge in [-0.2, -0.15) is 0 Å². The summed E-state index contributed by atoms with van der Waals surface area (Å²) in [6, 6.07) is 24.2. The minimum atomic E-state index is -0.335. The van der Waals surface area contributed by atoms with Crippen LogP contribution in [0, 0.1) is 11.7 Å². The van der Waals surface area contributed by atoms with Gasteiger partial charge in [-0.25, -0.2) is 9.18 Å². The Labute approximate surface area is 180 Å². The quantitative estimate of drug-likeness (QED) is 0.593. The van der Waals surface area contributed by atoms with E-state index in [0.717, 1.165) is 11.3 Å². The number of para-hydroxylation sites is 2. The van der Waals surface area contributed by atoms with Gasteiger partial charge in [0.1, 0.15) is 5.82 Å². The van der Waals surface area contributed by atoms with Gasteiger partial charge in [0.05, 0.1) is 12.0 Å². The largest absolute Gasteiger partial charge is 0.326 e. The van der Waals surface area contributed by atoms with Crippen molar-refractivity contribution in [2.75, 3.05) is 17.2 Å². The maximum absolute atomic E-state index is 13.4. The van der Waals surface area contributed by atoms with E-state index in [1.54, 1.807) is 17.0 Å². The highest BCUT2D eigenvalue weighted by atomic mass is 19.1. The predicted octanol–water partition coefficient (Wildman–Crippen LogP) is 5.45. The van der Waals surface area contributed by atoms with Crippen LogP contribution in [0.3, 0.4) is 0 Å². The van der Waals surface area contributed by atoms with E-state index in [0.29, 0.717) is 18.5 Å². The number of nitrogens with zero attached hydrogens (tertiary/aromatic N) is 1. The van der Waals surface area contributed by atoms with Crippen LogP contribution < -0.4 is 10.6 Å². The van der Waals surface area contributed by atoms with Crippen LogP contribution in [0.15, 0.2) is 84.9 Å². The Kier molecular flexibility index (Phi) is 6.26. The third kappa shape index (κ3) is 5.09. The lowest BCUT2D eigenvalue weighted by Crippen LogP contribution is -2.47. The number of urea groups is 1. The summed E-state index contributed by atoms with van der Waals surface area (Å²) in [6.45, 7) is 0.277. The average Bonchev–Trinajstić information content (AvgIpc) is 2.80. The van der Waals surface area contributed by atoms with Crippen molar-refractivity contribution in [3.8, 4) is 0 Å². The summed E-state index contributed by atoms with van der Waals surface area (Å²) in [4.78, 5) is 27.7. The summed E-state index contributed by atoms with van der Waals surface area (Å²) in [5.41, 5.74) is 2.26. The Hall–Kier alpha value is -3.67. The maximum Gasteiger partial charge on any atom is 0.322 e. The van der Waals surface area contributed by atoms with E-state index in [1.165, 1.54) is 12.1 Å². The van der Waals surface area contributed by atoms with Gasteiger partial charge in [0, 0.05) is 17.9 Å². The molecule has 4 rings (SSSR count). The molecule has 0 spiro atoms. The molecule has 1 heterocycles. The van der Waals surface area contributed by atoms with Gasteiger partial charge in [-0.15, -0.1) is 0 Å². The molecule has 1 aliphatic rings. The molecule has 1 fully saturated rings. The summed E-state index contributed by atoms with van der Waals surface area (Å²) in [5.74, 6) is -0.764. The van der Waals surface area contributed by atoms with Crippen molar-refractivity contribution in [2.24, 2.45) is 5.92 Å². The molecular formula is C25H24FN3O2. The molecule has 1 aliphatic heterocycles. The molecular weight excluding hydrogens is 393 g/mol. The Balaban J connectivity index is 1.53. The lowest BCUT2D eigenvalue weighted by atomic mass is 9.88. The smallest absolute Gasteiger partial charge is 0.322 e. The monoisotopic (exact) mass is 417 g/mol. The fourth-order valence-corrected chi connectivity index (χ4v) is 3.92. The Morgan fingerprint density at radius 3 is 1.97 bits per heavy atom. The molecule has 1 saturated heterocycles. The van der Waals surface area contributed by atoms with Gasteiger partial charge in [0.2, 0.25) is 5.91 Å². The summed E-state index contributed by atoms with van der Waals surface area (Å²) in [6.07, 6.45) is 1.25. The van der Waals surface area contributed by atoms with Gasteiger partial charge < -0.3 is 15.5 Å². The van der Waals surface area contributed by atoms with Crippen molar-refractivity contribution < 1.29 is 14.0 Å². The topological polar surface area (TPSA) is 61.4 Å². The number of piperidine rings is 1. The number of halogens is 1. The zero-order valence-corrected chi connectivity index (χ0v) is 17.0. The summed E-state index contributed by atoms with van der Waals surface area (Å²) >= 11 is 0. The fraction of sp³-hybridized carbons (Fsp3) is 0.200. The highest BCUT2D eigenvalue weighted by Gasteiger charge is 2.35. The second-order valence-electron chi connectivity index (χ2n) is 7.65. The van der Waals surface area contributed by atoms with Gasteiger partial charge in [-0.05, 0) is 54.8 Å². The predicted molar refractivity (Wildman–Crippen MR) is 119 cm³/mol. The van der Waals surface area contributed by atoms with Gasteiger partial charge in [-0.1, -0.05) is 48.5 Å². The van der Waals surface area contributed by atoms with Crippen LogP contribution in [-0.4, -0.2) is 23.4 Å². The second-order valence-corrected chi connectivity index (χ2v) is 7.65. The lowest BCUT2D eigenvalue weighted by molar-refractivity contribution is -0.121. The summed E-state index contributed by atoms with van der Waals surface area (Å²) < 4.78 is 13.4. The van der Waals surface area contributed by atoms with Crippen LogP contribution >= 0.6 is 0 Å². The Morgan fingerprint density at radius 2 is 1.35 bits per heavy atom. The van der Waals surface area contributed by atoms with Crippen molar-refractivity contribution in [3.63, 3.8) is 0 Å². The molecule has 3 aromatic rings. The van der Waals surface area contributed by atoms with E-state index in [-0.39, 0.29) is 36.3 Å². The van der Waals surface area contributed by atoms with Gasteiger partial charge in [0.15, 0.2) is 0 Å². The zero-order chi connectivity index (χ0) is 21.6. The van der Waals surface area contributed by atoms with Crippen LogP contribution in [0.1, 0.15) is 24.4 Å². The van der Waals surface area contributed by atoms with Crippen LogP contribution in [0.25, 0.3) is 0 Å². The first-order valence-corrected chi connectivity index (χ1v) is 10.3. The highest BCUT2D eigenvalue weighted by Crippen LogP contribution is 2.34. The third-order valence-electron chi connectivity index (χ3n) is 5.53. The first-order valence-electron chi connectivity index (χ1n) is 10.3. The van der Waals surface area contributed by atoms with E-state index < -0.39 is 0 Å². The molecule has 0 unspecified atom stereocenters. The number of benzene rings is 3. The molecule has 158 valence electrons. The number of amides is 3. The molecule has 0 aliphatic carbocycles. The van der Waals surface area contributed by atoms with Gasteiger partial charge in [0.25, 0.3) is 0 Å². The standard InChI is InChI=1S/C25H24FN3O2/c26-20-14-11-18(12-15-20)23-16-13-19(24(30)27-21-7-3-1-4-8-21)17-29(23)25(31)28-22-9-5-2-6-10-22/h1-12,14-15,19,23H,13,16-17H2,(H,27,30)(H,28,31)/t19-,23-/m1/s1. The molecule has 5 nitrogen and oxygen atoms in total. The molecule has 0 radical (unpaired) electrons. The second kappa shape index (κ2) is 9.43. The van der Waals surface area contributed by atoms with Gasteiger partial charge in [-0.3, -0.25) is 4.79 Å². The first kappa shape index (κ1) is 20.6. The number of hydrogen-bond donors (Lipinski definition) is 2. The van der Waals surface area contributed by atoms with E-state index in [2.05, 4.69) is 10.6 Å². The van der Waals surface area contributed by atoms with Crippen molar-refractivity contribution in [3.05, 3.63) is 96.3 Å². The molecule has 0 saturated carbocycles. The molecule has 0 aromatic heterocycles. The minimum Gasteiger partial charge on any atom is -0.326 e. The molecule has 3 amide bonds. The van der Waals surface area contributed by atoms with Crippen LogP contribution in [0.2, 0.25) is 0 Å². The maximum atomic E-state index is 13.4. The Morgan fingerprint density at radius 1 is 0.774 bits per heavy atom. The minimum absolute atomic E-state index is 0.110. The van der Waals surface area contributed by atoms with E-state index in [1.807, 2.05) is 60.7 Å². The number of likely N-dealkylation sites (tertiary alicyclic amines) is 1.